The summed E-state index contributed by atoms with van der Waals surface area (Å²) in [4.78, 5) is 34.3. The molecule has 6 heteroatoms. The zero-order chi connectivity index (χ0) is 23.4. The summed E-state index contributed by atoms with van der Waals surface area (Å²) in [6.45, 7) is 3.54. The van der Waals surface area contributed by atoms with Crippen LogP contribution < -0.4 is 0 Å². The number of halogens is 1. The molecule has 170 valence electrons. The number of aromatic nitrogens is 1. The molecule has 2 heterocycles. The van der Waals surface area contributed by atoms with Crippen molar-refractivity contribution in [3.8, 4) is 0 Å². The van der Waals surface area contributed by atoms with Gasteiger partial charge in [0.25, 0.3) is 11.8 Å². The number of pyridine rings is 1. The summed E-state index contributed by atoms with van der Waals surface area (Å²) in [5, 5.41) is 0. The van der Waals surface area contributed by atoms with Crippen molar-refractivity contribution >= 4 is 11.8 Å². The van der Waals surface area contributed by atoms with Crippen LogP contribution in [-0.2, 0) is 6.54 Å². The Balaban J connectivity index is 1.48. The molecule has 0 unspecified atom stereocenters. The summed E-state index contributed by atoms with van der Waals surface area (Å²) in [6, 6.07) is 19.4. The van der Waals surface area contributed by atoms with Gasteiger partial charge in [-0.1, -0.05) is 36.4 Å². The Morgan fingerprint density at radius 2 is 1.76 bits per heavy atom. The van der Waals surface area contributed by atoms with Gasteiger partial charge in [0.1, 0.15) is 5.82 Å². The van der Waals surface area contributed by atoms with Gasteiger partial charge in [-0.15, -0.1) is 0 Å². The van der Waals surface area contributed by atoms with Crippen molar-refractivity contribution in [1.29, 1.82) is 0 Å². The van der Waals surface area contributed by atoms with E-state index in [1.807, 2.05) is 49.4 Å². The second-order valence-electron chi connectivity index (χ2n) is 8.61. The topological polar surface area (TPSA) is 53.5 Å². The van der Waals surface area contributed by atoms with Crippen LogP contribution in [0.1, 0.15) is 56.4 Å². The van der Waals surface area contributed by atoms with Gasteiger partial charge in [0.2, 0.25) is 0 Å². The summed E-state index contributed by atoms with van der Waals surface area (Å²) in [7, 11) is 1.80. The van der Waals surface area contributed by atoms with Crippen molar-refractivity contribution in [1.82, 2.24) is 14.8 Å². The fraction of sp³-hybridized carbons (Fsp3) is 0.296. The zero-order valence-corrected chi connectivity index (χ0v) is 19.0. The monoisotopic (exact) mass is 445 g/mol. The van der Waals surface area contributed by atoms with E-state index in [2.05, 4.69) is 0 Å². The molecule has 1 aromatic heterocycles. The number of carbonyl (C=O) groups is 2. The van der Waals surface area contributed by atoms with E-state index in [4.69, 9.17) is 4.98 Å². The Bertz CT molecular complexity index is 1140. The van der Waals surface area contributed by atoms with Crippen LogP contribution >= 0.6 is 0 Å². The minimum atomic E-state index is -0.414. The Kier molecular flexibility index (Phi) is 6.82. The molecule has 1 aliphatic heterocycles. The summed E-state index contributed by atoms with van der Waals surface area (Å²) in [5.41, 5.74) is 3.72. The Labute approximate surface area is 193 Å². The number of nitrogens with zero attached hydrogens (tertiary/aromatic N) is 3. The highest BCUT2D eigenvalue weighted by Gasteiger charge is 2.29. The minimum Gasteiger partial charge on any atom is -0.339 e. The van der Waals surface area contributed by atoms with Gasteiger partial charge in [-0.2, -0.15) is 0 Å². The largest absolute Gasteiger partial charge is 0.339 e. The average Bonchev–Trinajstić information content (AvgIpc) is 2.84. The molecule has 2 amide bonds. The number of hydrogen-bond donors (Lipinski definition) is 0. The van der Waals surface area contributed by atoms with E-state index >= 15 is 0 Å². The molecule has 0 radical (unpaired) electrons. The lowest BCUT2D eigenvalue weighted by Gasteiger charge is -2.33. The summed E-state index contributed by atoms with van der Waals surface area (Å²) in [5.74, 6) is -0.545. The minimum absolute atomic E-state index is 0.0559. The first-order chi connectivity index (χ1) is 15.9. The summed E-state index contributed by atoms with van der Waals surface area (Å²) < 4.78 is 13.5. The van der Waals surface area contributed by atoms with Crippen LogP contribution in [0.4, 0.5) is 4.39 Å². The van der Waals surface area contributed by atoms with Gasteiger partial charge in [0, 0.05) is 43.9 Å². The van der Waals surface area contributed by atoms with Crippen LogP contribution in [0.15, 0.2) is 66.7 Å². The third kappa shape index (κ3) is 5.28. The number of amides is 2. The van der Waals surface area contributed by atoms with Gasteiger partial charge >= 0.3 is 0 Å². The number of carbonyl (C=O) groups excluding carboxylic acids is 2. The maximum atomic E-state index is 13.5. The molecule has 2 aromatic carbocycles. The van der Waals surface area contributed by atoms with Gasteiger partial charge in [0.15, 0.2) is 0 Å². The van der Waals surface area contributed by atoms with Crippen LogP contribution in [0, 0.1) is 12.7 Å². The highest BCUT2D eigenvalue weighted by molar-refractivity contribution is 5.95. The SMILES string of the molecule is Cc1ccc(C(=O)N(C)Cc2ccccc2)c(C2CCN(C(=O)c3cccc(F)c3)CC2)n1. The number of benzene rings is 2. The highest BCUT2D eigenvalue weighted by atomic mass is 19.1. The molecule has 0 N–H and O–H groups in total. The first kappa shape index (κ1) is 22.6. The third-order valence-corrected chi connectivity index (χ3v) is 6.14. The molecule has 1 fully saturated rings. The van der Waals surface area contributed by atoms with Crippen LogP contribution in [0.5, 0.6) is 0 Å². The first-order valence-corrected chi connectivity index (χ1v) is 11.2. The van der Waals surface area contributed by atoms with Crippen LogP contribution in [0.2, 0.25) is 0 Å². The Morgan fingerprint density at radius 1 is 1.03 bits per heavy atom. The molecule has 5 nitrogen and oxygen atoms in total. The lowest BCUT2D eigenvalue weighted by Crippen LogP contribution is -2.38. The smallest absolute Gasteiger partial charge is 0.255 e. The van der Waals surface area contributed by atoms with Gasteiger partial charge in [-0.05, 0) is 55.7 Å². The predicted molar refractivity (Wildman–Crippen MR) is 125 cm³/mol. The molecule has 4 rings (SSSR count). The summed E-state index contributed by atoms with van der Waals surface area (Å²) >= 11 is 0. The zero-order valence-electron chi connectivity index (χ0n) is 19.0. The van der Waals surface area contributed by atoms with E-state index in [9.17, 15) is 14.0 Å². The van der Waals surface area contributed by atoms with Gasteiger partial charge in [-0.3, -0.25) is 14.6 Å². The summed E-state index contributed by atoms with van der Waals surface area (Å²) in [6.07, 6.45) is 1.42. The number of aryl methyl sites for hydroxylation is 1. The average molecular weight is 446 g/mol. The molecule has 0 aliphatic carbocycles. The second-order valence-corrected chi connectivity index (χ2v) is 8.61. The number of rotatable bonds is 5. The van der Waals surface area contributed by atoms with Crippen molar-refractivity contribution < 1.29 is 14.0 Å². The van der Waals surface area contributed by atoms with Gasteiger partial charge in [0.05, 0.1) is 11.3 Å². The molecule has 1 aliphatic rings. The standard InChI is InChI=1S/C27H28FN3O2/c1-19-11-12-24(27(33)30(2)18-20-7-4-3-5-8-20)25(29-19)21-13-15-31(16-14-21)26(32)22-9-6-10-23(28)17-22/h3-12,17,21H,13-16,18H2,1-2H3. The molecule has 0 spiro atoms. The maximum Gasteiger partial charge on any atom is 0.255 e. The third-order valence-electron chi connectivity index (χ3n) is 6.14. The van der Waals surface area contributed by atoms with Crippen LogP contribution in [-0.4, -0.2) is 46.7 Å². The molecule has 0 atom stereocenters. The van der Waals surface area contributed by atoms with Crippen molar-refractivity contribution in [2.45, 2.75) is 32.2 Å². The number of likely N-dealkylation sites (tertiary alicyclic amines) is 1. The Morgan fingerprint density at radius 3 is 2.45 bits per heavy atom. The maximum absolute atomic E-state index is 13.5. The molecule has 1 saturated heterocycles. The lowest BCUT2D eigenvalue weighted by molar-refractivity contribution is 0.0706. The van der Waals surface area contributed by atoms with E-state index < -0.39 is 5.82 Å². The van der Waals surface area contributed by atoms with Crippen molar-refractivity contribution in [2.24, 2.45) is 0 Å². The van der Waals surface area contributed by atoms with Crippen molar-refractivity contribution in [3.63, 3.8) is 0 Å². The fourth-order valence-electron chi connectivity index (χ4n) is 4.36. The predicted octanol–water partition coefficient (Wildman–Crippen LogP) is 4.82. The van der Waals surface area contributed by atoms with E-state index in [0.29, 0.717) is 43.6 Å². The first-order valence-electron chi connectivity index (χ1n) is 11.2. The second kappa shape index (κ2) is 9.94. The lowest BCUT2D eigenvalue weighted by atomic mass is 9.89. The molecule has 3 aromatic rings. The highest BCUT2D eigenvalue weighted by Crippen LogP contribution is 2.31. The molecular weight excluding hydrogens is 417 g/mol. The molecule has 0 saturated carbocycles. The quantitative estimate of drug-likeness (QED) is 0.566. The van der Waals surface area contributed by atoms with Crippen LogP contribution in [0.25, 0.3) is 0 Å². The molecule has 0 bridgehead atoms. The van der Waals surface area contributed by atoms with Gasteiger partial charge in [-0.25, -0.2) is 4.39 Å². The van der Waals surface area contributed by atoms with Crippen molar-refractivity contribution in [2.75, 3.05) is 20.1 Å². The number of hydrogen-bond acceptors (Lipinski definition) is 3. The normalized spacial score (nSPS) is 14.2. The van der Waals surface area contributed by atoms with E-state index in [1.165, 1.54) is 12.1 Å². The fourth-order valence-corrected chi connectivity index (χ4v) is 4.36. The number of piperidine rings is 1. The molecule has 33 heavy (non-hydrogen) atoms. The van der Waals surface area contributed by atoms with E-state index in [1.54, 1.807) is 29.0 Å². The van der Waals surface area contributed by atoms with Crippen molar-refractivity contribution in [3.05, 3.63) is 101 Å². The van der Waals surface area contributed by atoms with Crippen LogP contribution in [0.3, 0.4) is 0 Å². The Hall–Kier alpha value is -3.54. The molecular formula is C27H28FN3O2. The van der Waals surface area contributed by atoms with E-state index in [-0.39, 0.29) is 17.7 Å². The van der Waals surface area contributed by atoms with E-state index in [0.717, 1.165) is 17.0 Å². The van der Waals surface area contributed by atoms with Gasteiger partial charge < -0.3 is 9.80 Å².